The van der Waals surface area contributed by atoms with Crippen LogP contribution in [0.15, 0.2) is 90.9 Å². The molecule has 11 nitrogen and oxygen atoms in total. The number of nitrogens with zero attached hydrogens (tertiary/aromatic N) is 5. The first-order chi connectivity index (χ1) is 20.9. The van der Waals surface area contributed by atoms with Gasteiger partial charge in [0.15, 0.2) is 5.82 Å². The second kappa shape index (κ2) is 13.8. The summed E-state index contributed by atoms with van der Waals surface area (Å²) in [5.74, 6) is 0.00365. The molecular weight excluding hydrogens is 568 g/mol. The maximum Gasteiger partial charge on any atom is 0.274 e. The van der Waals surface area contributed by atoms with Crippen molar-refractivity contribution in [2.75, 3.05) is 10.2 Å². The Morgan fingerprint density at radius 3 is 2.47 bits per heavy atom. The third-order valence-corrected chi connectivity index (χ3v) is 7.47. The lowest BCUT2D eigenvalue weighted by atomic mass is 9.93. The Balaban J connectivity index is 1.44. The minimum Gasteiger partial charge on any atom is -0.360 e. The van der Waals surface area contributed by atoms with E-state index in [1.807, 2.05) is 48.2 Å². The number of hydrogen-bond acceptors (Lipinski definition) is 8. The van der Waals surface area contributed by atoms with Gasteiger partial charge < -0.3 is 10.2 Å². The molecule has 1 aromatic heterocycles. The number of carbonyl (C=O) groups is 1. The van der Waals surface area contributed by atoms with E-state index >= 15 is 0 Å². The van der Waals surface area contributed by atoms with Crippen molar-refractivity contribution < 1.29 is 9.72 Å². The maximum atomic E-state index is 12.6. The van der Waals surface area contributed by atoms with Crippen molar-refractivity contribution in [1.82, 2.24) is 25.9 Å². The Bertz CT molecular complexity index is 1600. The van der Waals surface area contributed by atoms with Crippen LogP contribution in [0.1, 0.15) is 65.7 Å². The van der Waals surface area contributed by atoms with E-state index in [1.165, 1.54) is 18.4 Å². The van der Waals surface area contributed by atoms with Crippen LogP contribution in [0.5, 0.6) is 0 Å². The number of allylic oxidation sites excluding steroid dienone is 2. The maximum absolute atomic E-state index is 12.6. The van der Waals surface area contributed by atoms with E-state index in [-0.39, 0.29) is 17.9 Å². The van der Waals surface area contributed by atoms with Crippen molar-refractivity contribution in [2.24, 2.45) is 0 Å². The third kappa shape index (κ3) is 7.83. The van der Waals surface area contributed by atoms with E-state index in [9.17, 15) is 14.9 Å². The molecule has 12 heteroatoms. The molecule has 43 heavy (non-hydrogen) atoms. The van der Waals surface area contributed by atoms with E-state index in [0.29, 0.717) is 23.0 Å². The zero-order valence-corrected chi connectivity index (χ0v) is 24.3. The number of carbonyl (C=O) groups excluding carboxylic acids is 1. The van der Waals surface area contributed by atoms with Crippen LogP contribution in [0.3, 0.4) is 0 Å². The lowest BCUT2D eigenvalue weighted by Gasteiger charge is -2.29. The number of amides is 1. The fourth-order valence-corrected chi connectivity index (χ4v) is 5.07. The zero-order valence-electron chi connectivity index (χ0n) is 23.5. The molecule has 1 heterocycles. The molecule has 0 radical (unpaired) electrons. The molecule has 0 saturated carbocycles. The van der Waals surface area contributed by atoms with Crippen LogP contribution in [0.2, 0.25) is 5.02 Å². The summed E-state index contributed by atoms with van der Waals surface area (Å²) in [5.41, 5.74) is 5.43. The zero-order chi connectivity index (χ0) is 30.2. The number of benzene rings is 3. The molecule has 220 valence electrons. The number of aromatic amines is 1. The molecule has 0 fully saturated rings. The van der Waals surface area contributed by atoms with E-state index in [1.54, 1.807) is 24.3 Å². The average molecular weight is 599 g/mol. The lowest BCUT2D eigenvalue weighted by Crippen LogP contribution is -2.33. The smallest absolute Gasteiger partial charge is 0.274 e. The summed E-state index contributed by atoms with van der Waals surface area (Å²) in [6.45, 7) is 2.24. The molecule has 3 N–H and O–H groups in total. The highest BCUT2D eigenvalue weighted by molar-refractivity contribution is 6.30. The van der Waals surface area contributed by atoms with Gasteiger partial charge in [-0.2, -0.15) is 5.21 Å². The first kappa shape index (κ1) is 29.5. The topological polar surface area (TPSA) is 142 Å². The predicted octanol–water partition coefficient (Wildman–Crippen LogP) is 6.50. The Morgan fingerprint density at radius 2 is 1.84 bits per heavy atom. The van der Waals surface area contributed by atoms with Gasteiger partial charge in [-0.25, -0.2) is 0 Å². The van der Waals surface area contributed by atoms with Crippen molar-refractivity contribution in [3.8, 4) is 0 Å². The van der Waals surface area contributed by atoms with Crippen LogP contribution in [0.4, 0.5) is 11.6 Å². The second-order valence-electron chi connectivity index (χ2n) is 10.2. The van der Waals surface area contributed by atoms with Gasteiger partial charge >= 0.3 is 0 Å². The highest BCUT2D eigenvalue weighted by Gasteiger charge is 2.20. The molecule has 1 aliphatic rings. The van der Waals surface area contributed by atoms with Crippen LogP contribution in [0, 0.1) is 10.1 Å². The van der Waals surface area contributed by atoms with E-state index in [0.717, 1.165) is 41.4 Å². The van der Waals surface area contributed by atoms with Gasteiger partial charge in [-0.3, -0.25) is 20.2 Å². The minimum atomic E-state index is -0.462. The van der Waals surface area contributed by atoms with Crippen molar-refractivity contribution in [2.45, 2.75) is 45.2 Å². The first-order valence-corrected chi connectivity index (χ1v) is 14.3. The summed E-state index contributed by atoms with van der Waals surface area (Å²) in [5, 5.41) is 31.6. The molecular formula is C31H31ClN8O3. The second-order valence-corrected chi connectivity index (χ2v) is 10.6. The fourth-order valence-electron chi connectivity index (χ4n) is 4.95. The monoisotopic (exact) mass is 598 g/mol. The summed E-state index contributed by atoms with van der Waals surface area (Å²) in [7, 11) is 0. The number of hydrogen-bond donors (Lipinski definition) is 3. The number of halogens is 1. The number of tetrazole rings is 1. The summed E-state index contributed by atoms with van der Waals surface area (Å²) in [4.78, 5) is 25.8. The van der Waals surface area contributed by atoms with E-state index in [4.69, 9.17) is 11.6 Å². The first-order valence-electron chi connectivity index (χ1n) is 13.9. The molecule has 0 aliphatic heterocycles. The van der Waals surface area contributed by atoms with Crippen LogP contribution >= 0.6 is 11.6 Å². The SMILES string of the molecule is CC(N/C(=C/[N+](=O)[O-])N(Cc1ccc(C(=O)Nc2nn[nH]n2)cc1)c1ccc(C2=CCCCC2)cc1)c1ccc(Cl)cc1. The summed E-state index contributed by atoms with van der Waals surface area (Å²) >= 11 is 6.08. The van der Waals surface area contributed by atoms with E-state index in [2.05, 4.69) is 49.5 Å². The number of rotatable bonds is 11. The summed E-state index contributed by atoms with van der Waals surface area (Å²) in [6, 6.07) is 22.2. The van der Waals surface area contributed by atoms with Crippen molar-refractivity contribution in [3.63, 3.8) is 0 Å². The van der Waals surface area contributed by atoms with Gasteiger partial charge in [0.05, 0.1) is 11.0 Å². The van der Waals surface area contributed by atoms with Crippen LogP contribution in [-0.2, 0) is 6.54 Å². The molecule has 0 spiro atoms. The molecule has 4 aromatic rings. The number of H-pyrrole nitrogens is 1. The standard InChI is InChI=1S/C31H31ClN8O3/c1-21(23-11-15-27(32)16-12-23)33-29(20-40(42)43)39(28-17-13-25(14-18-28)24-5-3-2-4-6-24)19-22-7-9-26(10-8-22)30(41)34-31-35-37-38-36-31/h5,7-18,20-21,33H,2-4,6,19H2,1H3,(H2,34,35,36,37,38,41)/b29-20-. The molecule has 1 atom stereocenters. The number of nitro groups is 1. The minimum absolute atomic E-state index is 0.0723. The van der Waals surface area contributed by atoms with Crippen molar-refractivity contribution in [3.05, 3.63) is 128 Å². The van der Waals surface area contributed by atoms with Gasteiger partial charge in [0, 0.05) is 22.8 Å². The van der Waals surface area contributed by atoms with Crippen LogP contribution in [0.25, 0.3) is 5.57 Å². The predicted molar refractivity (Wildman–Crippen MR) is 166 cm³/mol. The van der Waals surface area contributed by atoms with Crippen molar-refractivity contribution >= 4 is 34.7 Å². The van der Waals surface area contributed by atoms with Gasteiger partial charge in [-0.05, 0) is 96.5 Å². The van der Waals surface area contributed by atoms with Crippen LogP contribution in [-0.4, -0.2) is 31.5 Å². The number of nitrogens with one attached hydrogen (secondary N) is 3. The summed E-state index contributed by atoms with van der Waals surface area (Å²) in [6.07, 6.45) is 7.78. The quantitative estimate of drug-likeness (QED) is 0.131. The van der Waals surface area contributed by atoms with Gasteiger partial charge in [0.1, 0.15) is 0 Å². The van der Waals surface area contributed by atoms with E-state index < -0.39 is 4.92 Å². The largest absolute Gasteiger partial charge is 0.360 e. The Kier molecular flexibility index (Phi) is 9.42. The molecule has 3 aromatic carbocycles. The highest BCUT2D eigenvalue weighted by Crippen LogP contribution is 2.30. The van der Waals surface area contributed by atoms with Gasteiger partial charge in [-0.15, -0.1) is 5.10 Å². The molecule has 1 aliphatic carbocycles. The molecule has 5 rings (SSSR count). The Morgan fingerprint density at radius 1 is 1.09 bits per heavy atom. The third-order valence-electron chi connectivity index (χ3n) is 7.22. The molecule has 1 unspecified atom stereocenters. The van der Waals surface area contributed by atoms with Gasteiger partial charge in [0.25, 0.3) is 18.1 Å². The van der Waals surface area contributed by atoms with Gasteiger partial charge in [0.2, 0.25) is 0 Å². The highest BCUT2D eigenvalue weighted by atomic mass is 35.5. The molecule has 0 bridgehead atoms. The average Bonchev–Trinajstić information content (AvgIpc) is 3.53. The normalized spacial score (nSPS) is 14.0. The van der Waals surface area contributed by atoms with Crippen molar-refractivity contribution in [1.29, 1.82) is 0 Å². The summed E-state index contributed by atoms with van der Waals surface area (Å²) < 4.78 is 0. The molecule has 1 amide bonds. The lowest BCUT2D eigenvalue weighted by molar-refractivity contribution is -0.403. The number of anilines is 2. The molecule has 0 saturated heterocycles. The van der Waals surface area contributed by atoms with Crippen LogP contribution < -0.4 is 15.5 Å². The Labute approximate surface area is 253 Å². The number of aromatic nitrogens is 4. The van der Waals surface area contributed by atoms with Gasteiger partial charge in [-0.1, -0.05) is 59.2 Å². The fraction of sp³-hybridized carbons (Fsp3) is 0.226. The Hall–Kier alpha value is -5.03.